The Kier molecular flexibility index (Phi) is 2.27. The van der Waals surface area contributed by atoms with E-state index in [2.05, 4.69) is 17.6 Å². The van der Waals surface area contributed by atoms with E-state index in [1.54, 1.807) is 0 Å². The summed E-state index contributed by atoms with van der Waals surface area (Å²) in [6.45, 7) is 5.08. The molecule has 0 saturated carbocycles. The summed E-state index contributed by atoms with van der Waals surface area (Å²) in [7, 11) is 0. The van der Waals surface area contributed by atoms with Gasteiger partial charge >= 0.3 is 0 Å². The van der Waals surface area contributed by atoms with Gasteiger partial charge in [-0.25, -0.2) is 0 Å². The first kappa shape index (κ1) is 7.54. The molecule has 1 rings (SSSR count). The minimum atomic E-state index is 0.293. The normalized spacial score (nSPS) is 32.1. The summed E-state index contributed by atoms with van der Waals surface area (Å²) in [5.41, 5.74) is 0.293. The third kappa shape index (κ3) is 1.70. The van der Waals surface area contributed by atoms with Crippen molar-refractivity contribution in [3.63, 3.8) is 0 Å². The van der Waals surface area contributed by atoms with Crippen LogP contribution in [0.3, 0.4) is 0 Å². The molecule has 58 valence electrons. The van der Waals surface area contributed by atoms with Gasteiger partial charge in [0.15, 0.2) is 0 Å². The maximum absolute atomic E-state index is 9.97. The molecule has 3 heteroatoms. The summed E-state index contributed by atoms with van der Waals surface area (Å²) in [4.78, 5) is 9.97. The Bertz CT molecular complexity index is 119. The molecular formula is C7H14N2O. The molecule has 0 aromatic rings. The van der Waals surface area contributed by atoms with Crippen molar-refractivity contribution in [3.05, 3.63) is 0 Å². The summed E-state index contributed by atoms with van der Waals surface area (Å²) < 4.78 is 0. The van der Waals surface area contributed by atoms with Crippen LogP contribution in [0.25, 0.3) is 0 Å². The number of hydrogen-bond acceptors (Lipinski definition) is 2. The lowest BCUT2D eigenvalue weighted by molar-refractivity contribution is -0.109. The van der Waals surface area contributed by atoms with E-state index in [0.717, 1.165) is 32.5 Å². The molecule has 0 aromatic heterocycles. The molecule has 0 radical (unpaired) electrons. The van der Waals surface area contributed by atoms with Crippen LogP contribution in [-0.4, -0.2) is 26.0 Å². The van der Waals surface area contributed by atoms with Gasteiger partial charge in [-0.2, -0.15) is 0 Å². The Labute approximate surface area is 61.2 Å². The van der Waals surface area contributed by atoms with Crippen molar-refractivity contribution in [2.45, 2.75) is 13.3 Å². The van der Waals surface area contributed by atoms with Crippen LogP contribution in [0.2, 0.25) is 0 Å². The first-order valence-electron chi connectivity index (χ1n) is 3.65. The van der Waals surface area contributed by atoms with Crippen LogP contribution < -0.4 is 10.6 Å². The highest BCUT2D eigenvalue weighted by Crippen LogP contribution is 2.22. The van der Waals surface area contributed by atoms with Crippen LogP contribution in [0, 0.1) is 5.41 Å². The molecule has 1 fully saturated rings. The second-order valence-electron chi connectivity index (χ2n) is 3.24. The Hall–Kier alpha value is -0.570. The van der Waals surface area contributed by atoms with Gasteiger partial charge in [-0.1, -0.05) is 6.92 Å². The lowest BCUT2D eigenvalue weighted by Crippen LogP contribution is -2.32. The van der Waals surface area contributed by atoms with Crippen molar-refractivity contribution in [1.82, 2.24) is 10.6 Å². The van der Waals surface area contributed by atoms with Crippen LogP contribution in [0.15, 0.2) is 0 Å². The number of carbonyl (C=O) groups excluding carboxylic acids is 1. The second-order valence-corrected chi connectivity index (χ2v) is 3.24. The largest absolute Gasteiger partial charge is 0.358 e. The highest BCUT2D eigenvalue weighted by Gasteiger charge is 2.27. The monoisotopic (exact) mass is 142 g/mol. The molecule has 1 aliphatic heterocycles. The van der Waals surface area contributed by atoms with Gasteiger partial charge in [0.25, 0.3) is 0 Å². The molecule has 0 aromatic carbocycles. The summed E-state index contributed by atoms with van der Waals surface area (Å²) in [5, 5.41) is 5.98. The van der Waals surface area contributed by atoms with E-state index in [1.165, 1.54) is 0 Å². The Morgan fingerprint density at radius 1 is 1.80 bits per heavy atom. The van der Waals surface area contributed by atoms with E-state index in [4.69, 9.17) is 0 Å². The third-order valence-corrected chi connectivity index (χ3v) is 2.07. The van der Waals surface area contributed by atoms with Crippen LogP contribution in [0.1, 0.15) is 13.3 Å². The van der Waals surface area contributed by atoms with E-state index in [-0.39, 0.29) is 0 Å². The Balaban J connectivity index is 2.28. The zero-order valence-corrected chi connectivity index (χ0v) is 6.31. The molecule has 0 spiro atoms. The Morgan fingerprint density at radius 2 is 2.60 bits per heavy atom. The van der Waals surface area contributed by atoms with Crippen LogP contribution in [0.5, 0.6) is 0 Å². The smallest absolute Gasteiger partial charge is 0.207 e. The molecule has 1 aliphatic rings. The first-order chi connectivity index (χ1) is 4.77. The minimum absolute atomic E-state index is 0.293. The number of nitrogens with one attached hydrogen (secondary N) is 2. The molecule has 0 bridgehead atoms. The number of hydrogen-bond donors (Lipinski definition) is 2. The Morgan fingerprint density at radius 3 is 3.10 bits per heavy atom. The zero-order chi connectivity index (χ0) is 7.45. The van der Waals surface area contributed by atoms with Crippen molar-refractivity contribution in [1.29, 1.82) is 0 Å². The van der Waals surface area contributed by atoms with Crippen molar-refractivity contribution in [2.24, 2.45) is 5.41 Å². The number of rotatable bonds is 3. The second kappa shape index (κ2) is 3.01. The van der Waals surface area contributed by atoms with Gasteiger partial charge in [-0.05, 0) is 18.4 Å². The third-order valence-electron chi connectivity index (χ3n) is 2.07. The van der Waals surface area contributed by atoms with E-state index in [0.29, 0.717) is 5.41 Å². The van der Waals surface area contributed by atoms with Gasteiger partial charge in [0.1, 0.15) is 0 Å². The molecule has 1 unspecified atom stereocenters. The standard InChI is InChI=1S/C7H14N2O/c1-7(5-9-6-10)2-3-8-4-7/h6,8H,2-5H2,1H3,(H,9,10). The highest BCUT2D eigenvalue weighted by molar-refractivity contribution is 5.45. The van der Waals surface area contributed by atoms with Crippen LogP contribution in [0.4, 0.5) is 0 Å². The fraction of sp³-hybridized carbons (Fsp3) is 0.857. The molecule has 10 heavy (non-hydrogen) atoms. The molecule has 3 nitrogen and oxygen atoms in total. The van der Waals surface area contributed by atoms with Crippen molar-refractivity contribution >= 4 is 6.41 Å². The summed E-state index contributed by atoms with van der Waals surface area (Å²) in [5.74, 6) is 0. The molecule has 1 saturated heterocycles. The van der Waals surface area contributed by atoms with E-state index < -0.39 is 0 Å². The maximum atomic E-state index is 9.97. The topological polar surface area (TPSA) is 41.1 Å². The fourth-order valence-electron chi connectivity index (χ4n) is 1.31. The zero-order valence-electron chi connectivity index (χ0n) is 6.31. The van der Waals surface area contributed by atoms with Gasteiger partial charge in [-0.15, -0.1) is 0 Å². The first-order valence-corrected chi connectivity index (χ1v) is 3.65. The van der Waals surface area contributed by atoms with Crippen molar-refractivity contribution in [2.75, 3.05) is 19.6 Å². The molecule has 1 heterocycles. The summed E-state index contributed by atoms with van der Waals surface area (Å²) in [6, 6.07) is 0. The SMILES string of the molecule is CC1(CNC=O)CCNC1. The lowest BCUT2D eigenvalue weighted by atomic mass is 9.90. The van der Waals surface area contributed by atoms with Gasteiger partial charge in [-0.3, -0.25) is 4.79 Å². The van der Waals surface area contributed by atoms with E-state index in [1.807, 2.05) is 0 Å². The summed E-state index contributed by atoms with van der Waals surface area (Å²) >= 11 is 0. The number of amides is 1. The average molecular weight is 142 g/mol. The maximum Gasteiger partial charge on any atom is 0.207 e. The van der Waals surface area contributed by atoms with Gasteiger partial charge in [0.2, 0.25) is 6.41 Å². The average Bonchev–Trinajstić information content (AvgIpc) is 2.33. The number of carbonyl (C=O) groups is 1. The summed E-state index contributed by atoms with van der Waals surface area (Å²) in [6.07, 6.45) is 1.93. The van der Waals surface area contributed by atoms with E-state index >= 15 is 0 Å². The van der Waals surface area contributed by atoms with Gasteiger partial charge < -0.3 is 10.6 Å². The predicted molar refractivity (Wildman–Crippen MR) is 39.7 cm³/mol. The van der Waals surface area contributed by atoms with Gasteiger partial charge in [0, 0.05) is 13.1 Å². The van der Waals surface area contributed by atoms with Crippen LogP contribution >= 0.6 is 0 Å². The molecule has 1 amide bonds. The van der Waals surface area contributed by atoms with Crippen molar-refractivity contribution < 1.29 is 4.79 Å². The molecule has 0 aliphatic carbocycles. The lowest BCUT2D eigenvalue weighted by Gasteiger charge is -2.20. The van der Waals surface area contributed by atoms with Crippen molar-refractivity contribution in [3.8, 4) is 0 Å². The molecular weight excluding hydrogens is 128 g/mol. The van der Waals surface area contributed by atoms with E-state index in [9.17, 15) is 4.79 Å². The molecule has 1 atom stereocenters. The minimum Gasteiger partial charge on any atom is -0.358 e. The molecule has 2 N–H and O–H groups in total. The van der Waals surface area contributed by atoms with Gasteiger partial charge in [0.05, 0.1) is 0 Å². The highest BCUT2D eigenvalue weighted by atomic mass is 16.1. The fourth-order valence-corrected chi connectivity index (χ4v) is 1.31. The quantitative estimate of drug-likeness (QED) is 0.533. The van der Waals surface area contributed by atoms with Crippen LogP contribution in [-0.2, 0) is 4.79 Å². The predicted octanol–water partition coefficient (Wildman–Crippen LogP) is -0.268.